The average Bonchev–Trinajstić information content (AvgIpc) is 2.68. The first-order chi connectivity index (χ1) is 15.9. The van der Waals surface area contributed by atoms with Gasteiger partial charge in [-0.05, 0) is 55.2 Å². The lowest BCUT2D eigenvalue weighted by molar-refractivity contribution is -0.134. The summed E-state index contributed by atoms with van der Waals surface area (Å²) in [6.45, 7) is 1.19. The quantitative estimate of drug-likeness (QED) is 0.366. The van der Waals surface area contributed by atoms with Gasteiger partial charge < -0.3 is 15.4 Å². The number of amidine groups is 1. The first-order valence-corrected chi connectivity index (χ1v) is 11.6. The number of nitrogens with two attached hydrogens (primary N) is 1. The van der Waals surface area contributed by atoms with Gasteiger partial charge in [0.2, 0.25) is 11.8 Å². The Hall–Kier alpha value is -3.41. The summed E-state index contributed by atoms with van der Waals surface area (Å²) in [6.07, 6.45) is 6.66. The third-order valence-corrected chi connectivity index (χ3v) is 7.65. The molecule has 4 aliphatic rings. The van der Waals surface area contributed by atoms with Crippen molar-refractivity contribution >= 4 is 29.4 Å². The standard InChI is InChI=1S/C24H28N6O3/c25-11-15-8-14(18-3-5-20(31)29-22(18)32)2-4-19(15)30-12-17(13-30)28-23(27)33-21(26)16-9-24(10-16)6-1-7-24/h2,4,8,16-18,26H,1,3,5-7,9-10,12-13H2,(H2,27,28)(H,29,31,32). The van der Waals surface area contributed by atoms with E-state index >= 15 is 0 Å². The van der Waals surface area contributed by atoms with Crippen LogP contribution >= 0.6 is 0 Å². The normalized spacial score (nSPS) is 24.9. The maximum absolute atomic E-state index is 12.1. The molecule has 1 aromatic carbocycles. The van der Waals surface area contributed by atoms with E-state index in [1.807, 2.05) is 17.0 Å². The van der Waals surface area contributed by atoms with Crippen LogP contribution < -0.4 is 16.0 Å². The first kappa shape index (κ1) is 21.4. The van der Waals surface area contributed by atoms with Gasteiger partial charge in [0.15, 0.2) is 5.90 Å². The van der Waals surface area contributed by atoms with Crippen LogP contribution in [-0.4, -0.2) is 42.9 Å². The molecule has 2 amide bonds. The molecule has 1 atom stereocenters. The number of nitrogens with one attached hydrogen (secondary N) is 2. The number of rotatable bonds is 4. The number of nitriles is 1. The van der Waals surface area contributed by atoms with Crippen molar-refractivity contribution in [2.75, 3.05) is 18.0 Å². The molecule has 9 nitrogen and oxygen atoms in total. The largest absolute Gasteiger partial charge is 0.412 e. The van der Waals surface area contributed by atoms with Crippen LogP contribution in [0, 0.1) is 28.1 Å². The molecule has 33 heavy (non-hydrogen) atoms. The monoisotopic (exact) mass is 448 g/mol. The van der Waals surface area contributed by atoms with Gasteiger partial charge in [0.05, 0.1) is 23.2 Å². The molecule has 0 bridgehead atoms. The van der Waals surface area contributed by atoms with Gasteiger partial charge in [-0.25, -0.2) is 4.99 Å². The summed E-state index contributed by atoms with van der Waals surface area (Å²) < 4.78 is 5.49. The highest BCUT2D eigenvalue weighted by atomic mass is 16.5. The van der Waals surface area contributed by atoms with E-state index in [2.05, 4.69) is 16.4 Å². The zero-order valence-electron chi connectivity index (χ0n) is 18.5. The van der Waals surface area contributed by atoms with E-state index in [-0.39, 0.29) is 35.7 Å². The fourth-order valence-electron chi connectivity index (χ4n) is 5.54. The van der Waals surface area contributed by atoms with Crippen LogP contribution in [0.3, 0.4) is 0 Å². The maximum atomic E-state index is 12.1. The Labute approximate surface area is 192 Å². The van der Waals surface area contributed by atoms with Gasteiger partial charge in [-0.1, -0.05) is 12.5 Å². The van der Waals surface area contributed by atoms with E-state index in [0.29, 0.717) is 36.9 Å². The Balaban J connectivity index is 1.16. The Morgan fingerprint density at radius 3 is 2.70 bits per heavy atom. The minimum absolute atomic E-state index is 0.0351. The minimum atomic E-state index is -0.417. The molecule has 172 valence electrons. The van der Waals surface area contributed by atoms with E-state index < -0.39 is 5.92 Å². The average molecular weight is 449 g/mol. The molecular weight excluding hydrogens is 420 g/mol. The highest BCUT2D eigenvalue weighted by Crippen LogP contribution is 2.58. The van der Waals surface area contributed by atoms with Crippen molar-refractivity contribution in [2.24, 2.45) is 22.1 Å². The number of piperidine rings is 1. The van der Waals surface area contributed by atoms with Crippen LogP contribution in [0.15, 0.2) is 23.2 Å². The number of aliphatic imine (C=N–C) groups is 1. The van der Waals surface area contributed by atoms with Gasteiger partial charge >= 0.3 is 0 Å². The molecule has 9 heteroatoms. The second-order valence-electron chi connectivity index (χ2n) is 9.84. The van der Waals surface area contributed by atoms with Crippen LogP contribution in [0.5, 0.6) is 0 Å². The number of anilines is 1. The van der Waals surface area contributed by atoms with Gasteiger partial charge in [-0.3, -0.25) is 20.3 Å². The lowest BCUT2D eigenvalue weighted by atomic mass is 9.52. The van der Waals surface area contributed by atoms with Crippen LogP contribution in [0.2, 0.25) is 0 Å². The summed E-state index contributed by atoms with van der Waals surface area (Å²) in [5, 5.41) is 20.2. The molecule has 2 saturated carbocycles. The number of amides is 2. The van der Waals surface area contributed by atoms with Gasteiger partial charge in [0, 0.05) is 25.4 Å². The summed E-state index contributed by atoms with van der Waals surface area (Å²) in [5.41, 5.74) is 8.43. The molecule has 0 aromatic heterocycles. The van der Waals surface area contributed by atoms with Crippen LogP contribution in [0.4, 0.5) is 5.69 Å². The summed E-state index contributed by atoms with van der Waals surface area (Å²) in [5.74, 6) is -0.598. The number of benzene rings is 1. The predicted octanol–water partition coefficient (Wildman–Crippen LogP) is 2.16. The molecule has 4 N–H and O–H groups in total. The Kier molecular flexibility index (Phi) is 5.31. The number of hydrogen-bond donors (Lipinski definition) is 3. The molecule has 1 spiro atoms. The fourth-order valence-corrected chi connectivity index (χ4v) is 5.54. The number of carbonyl (C=O) groups is 2. The summed E-state index contributed by atoms with van der Waals surface area (Å²) in [6, 6.07) is 7.62. The molecule has 1 unspecified atom stereocenters. The van der Waals surface area contributed by atoms with E-state index in [9.17, 15) is 14.9 Å². The maximum Gasteiger partial charge on any atom is 0.288 e. The number of imide groups is 1. The molecular formula is C24H28N6O3. The van der Waals surface area contributed by atoms with E-state index in [1.165, 1.54) is 19.3 Å². The second-order valence-corrected chi connectivity index (χ2v) is 9.84. The number of carbonyl (C=O) groups excluding carboxylic acids is 2. The van der Waals surface area contributed by atoms with Crippen LogP contribution in [0.25, 0.3) is 0 Å². The summed E-state index contributed by atoms with van der Waals surface area (Å²) >= 11 is 0. The fraction of sp³-hybridized carbons (Fsp3) is 0.542. The third-order valence-electron chi connectivity index (χ3n) is 7.65. The Morgan fingerprint density at radius 1 is 1.30 bits per heavy atom. The molecule has 2 saturated heterocycles. The smallest absolute Gasteiger partial charge is 0.288 e. The molecule has 2 aliphatic carbocycles. The van der Waals surface area contributed by atoms with Crippen molar-refractivity contribution in [3.05, 3.63) is 29.3 Å². The molecule has 1 aromatic rings. The number of ether oxygens (including phenoxy) is 1. The lowest BCUT2D eigenvalue weighted by Crippen LogP contribution is -2.51. The summed E-state index contributed by atoms with van der Waals surface area (Å²) in [7, 11) is 0. The molecule has 5 rings (SSSR count). The molecule has 2 aliphatic heterocycles. The third kappa shape index (κ3) is 4.06. The zero-order valence-corrected chi connectivity index (χ0v) is 18.5. The Morgan fingerprint density at radius 2 is 2.06 bits per heavy atom. The van der Waals surface area contributed by atoms with Gasteiger partial charge in [-0.2, -0.15) is 5.26 Å². The van der Waals surface area contributed by atoms with Gasteiger partial charge in [-0.15, -0.1) is 0 Å². The van der Waals surface area contributed by atoms with Crippen molar-refractivity contribution < 1.29 is 14.3 Å². The predicted molar refractivity (Wildman–Crippen MR) is 122 cm³/mol. The second kappa shape index (κ2) is 8.18. The first-order valence-electron chi connectivity index (χ1n) is 11.6. The topological polar surface area (TPSA) is 145 Å². The van der Waals surface area contributed by atoms with Gasteiger partial charge in [0.1, 0.15) is 6.07 Å². The lowest BCUT2D eigenvalue weighted by Gasteiger charge is -2.53. The van der Waals surface area contributed by atoms with Crippen molar-refractivity contribution in [1.82, 2.24) is 5.32 Å². The molecule has 0 radical (unpaired) electrons. The van der Waals surface area contributed by atoms with E-state index in [4.69, 9.17) is 15.9 Å². The highest BCUT2D eigenvalue weighted by molar-refractivity contribution is 6.01. The van der Waals surface area contributed by atoms with Crippen molar-refractivity contribution in [2.45, 2.75) is 56.9 Å². The van der Waals surface area contributed by atoms with Crippen molar-refractivity contribution in [3.8, 4) is 6.07 Å². The van der Waals surface area contributed by atoms with E-state index in [0.717, 1.165) is 24.1 Å². The van der Waals surface area contributed by atoms with Gasteiger partial charge in [0.25, 0.3) is 6.02 Å². The van der Waals surface area contributed by atoms with Crippen LogP contribution in [0.1, 0.15) is 62.0 Å². The Bertz CT molecular complexity index is 1070. The minimum Gasteiger partial charge on any atom is -0.412 e. The molecule has 2 heterocycles. The van der Waals surface area contributed by atoms with E-state index in [1.54, 1.807) is 6.07 Å². The number of nitrogens with zero attached hydrogens (tertiary/aromatic N) is 3. The SMILES string of the molecule is N#Cc1cc(C2CCC(=O)NC2=O)ccc1N1CC(N=C(N)OC(=N)C2CC3(CCC3)C2)C1. The zero-order chi connectivity index (χ0) is 23.2. The van der Waals surface area contributed by atoms with Crippen molar-refractivity contribution in [3.63, 3.8) is 0 Å². The molecule has 4 fully saturated rings. The highest BCUT2D eigenvalue weighted by Gasteiger charge is 2.50. The summed E-state index contributed by atoms with van der Waals surface area (Å²) in [4.78, 5) is 30.0. The number of hydrogen-bond acceptors (Lipinski definition) is 7. The van der Waals surface area contributed by atoms with Crippen molar-refractivity contribution in [1.29, 1.82) is 10.7 Å². The van der Waals surface area contributed by atoms with Crippen LogP contribution in [-0.2, 0) is 14.3 Å².